The van der Waals surface area contributed by atoms with Crippen LogP contribution in [0.3, 0.4) is 0 Å². The summed E-state index contributed by atoms with van der Waals surface area (Å²) in [5, 5.41) is 4.54. The van der Waals surface area contributed by atoms with Gasteiger partial charge in [-0.15, -0.1) is 5.10 Å². The standard InChI is InChI=1S/C21H26ClN5O5P2/c1-26(16-8-6-13-4-2-3-5-15(13)16)20-19-23-10-17(27(19)25-21(22)24-20)18-9-7-14(32-18)11-31-34(30)12-33(28)29/h2-5,10,14,16,18,28-30H,6-9,11-12H2,1H3. The number of hydrogen-bond donors (Lipinski definition) is 3. The molecule has 3 N–H and O–H groups in total. The van der Waals surface area contributed by atoms with Gasteiger partial charge in [-0.1, -0.05) is 24.3 Å². The molecule has 2 aromatic heterocycles. The molecule has 4 atom stereocenters. The van der Waals surface area contributed by atoms with E-state index in [0.717, 1.165) is 31.4 Å². The maximum absolute atomic E-state index is 9.77. The molecular weight excluding hydrogens is 500 g/mol. The van der Waals surface area contributed by atoms with Crippen molar-refractivity contribution in [2.24, 2.45) is 0 Å². The van der Waals surface area contributed by atoms with E-state index in [1.54, 1.807) is 10.7 Å². The first-order valence-corrected chi connectivity index (χ1v) is 14.2. The Morgan fingerprint density at radius 1 is 1.24 bits per heavy atom. The van der Waals surface area contributed by atoms with Gasteiger partial charge >= 0.3 is 0 Å². The topological polar surface area (TPSA) is 125 Å². The summed E-state index contributed by atoms with van der Waals surface area (Å²) in [6.45, 7) is 0.184. The third-order valence-corrected chi connectivity index (χ3v) is 8.93. The number of benzene rings is 1. The lowest BCUT2D eigenvalue weighted by molar-refractivity contribution is 0.0151. The second-order valence-electron chi connectivity index (χ2n) is 8.47. The van der Waals surface area contributed by atoms with Gasteiger partial charge in [0.25, 0.3) is 0 Å². The lowest BCUT2D eigenvalue weighted by Crippen LogP contribution is -2.24. The first-order chi connectivity index (χ1) is 16.4. The Bertz CT molecular complexity index is 1170. The van der Waals surface area contributed by atoms with Gasteiger partial charge in [-0.25, -0.2) is 9.50 Å². The van der Waals surface area contributed by atoms with Crippen molar-refractivity contribution >= 4 is 39.8 Å². The number of imidazole rings is 1. The molecule has 1 aromatic carbocycles. The highest BCUT2D eigenvalue weighted by atomic mass is 35.5. The van der Waals surface area contributed by atoms with Crippen molar-refractivity contribution in [3.63, 3.8) is 0 Å². The molecule has 1 aliphatic carbocycles. The molecule has 10 nitrogen and oxygen atoms in total. The molecule has 182 valence electrons. The average Bonchev–Trinajstić information content (AvgIpc) is 3.54. The van der Waals surface area contributed by atoms with E-state index in [-0.39, 0.29) is 36.0 Å². The van der Waals surface area contributed by atoms with Crippen molar-refractivity contribution in [1.82, 2.24) is 19.6 Å². The van der Waals surface area contributed by atoms with E-state index in [1.165, 1.54) is 11.1 Å². The van der Waals surface area contributed by atoms with Crippen LogP contribution in [0.5, 0.6) is 0 Å². The second-order valence-corrected chi connectivity index (χ2v) is 11.6. The van der Waals surface area contributed by atoms with E-state index in [4.69, 9.17) is 30.6 Å². The fourth-order valence-electron chi connectivity index (χ4n) is 4.76. The van der Waals surface area contributed by atoms with E-state index in [9.17, 15) is 4.89 Å². The van der Waals surface area contributed by atoms with Gasteiger partial charge in [-0.05, 0) is 48.4 Å². The number of hydrogen-bond acceptors (Lipinski definition) is 9. The van der Waals surface area contributed by atoms with Crippen molar-refractivity contribution in [2.75, 3.05) is 24.5 Å². The number of aryl methyl sites for hydroxylation is 1. The van der Waals surface area contributed by atoms with Crippen LogP contribution >= 0.6 is 28.4 Å². The molecule has 0 amide bonds. The predicted octanol–water partition coefficient (Wildman–Crippen LogP) is 3.70. The minimum Gasteiger partial charge on any atom is -0.366 e. The number of nitrogens with zero attached hydrogens (tertiary/aromatic N) is 5. The molecule has 1 saturated heterocycles. The SMILES string of the molecule is CN(c1nc(Cl)nn2c(C3CCC(COP(O)CP(O)O)O3)cnc12)C1CCc2ccccc21. The monoisotopic (exact) mass is 525 g/mol. The lowest BCUT2D eigenvalue weighted by atomic mass is 10.1. The molecule has 2 aliphatic rings. The van der Waals surface area contributed by atoms with Crippen molar-refractivity contribution in [1.29, 1.82) is 0 Å². The molecule has 1 aliphatic heterocycles. The summed E-state index contributed by atoms with van der Waals surface area (Å²) in [7, 11) is -2.05. The fraction of sp³-hybridized carbons (Fsp3) is 0.476. The zero-order valence-corrected chi connectivity index (χ0v) is 21.1. The summed E-state index contributed by atoms with van der Waals surface area (Å²) in [5.74, 6) is 0.520. The van der Waals surface area contributed by atoms with Crippen molar-refractivity contribution < 1.29 is 23.9 Å². The quantitative estimate of drug-likeness (QED) is 0.377. The first kappa shape index (κ1) is 24.2. The third-order valence-electron chi connectivity index (χ3n) is 6.34. The Morgan fingerprint density at radius 2 is 2.06 bits per heavy atom. The number of aromatic nitrogens is 4. The smallest absolute Gasteiger partial charge is 0.243 e. The van der Waals surface area contributed by atoms with E-state index in [2.05, 4.69) is 44.2 Å². The van der Waals surface area contributed by atoms with Crippen LogP contribution in [-0.4, -0.2) is 59.9 Å². The summed E-state index contributed by atoms with van der Waals surface area (Å²) in [6.07, 6.45) is 4.76. The van der Waals surface area contributed by atoms with Gasteiger partial charge in [0.2, 0.25) is 5.28 Å². The average molecular weight is 526 g/mol. The maximum atomic E-state index is 9.77. The van der Waals surface area contributed by atoms with Gasteiger partial charge in [0.05, 0.1) is 36.5 Å². The zero-order chi connectivity index (χ0) is 23.8. The lowest BCUT2D eigenvalue weighted by Gasteiger charge is -2.26. The van der Waals surface area contributed by atoms with Crippen molar-refractivity contribution in [2.45, 2.75) is 43.9 Å². The van der Waals surface area contributed by atoms with Gasteiger partial charge in [-0.2, -0.15) is 4.98 Å². The Labute approximate surface area is 204 Å². The Kier molecular flexibility index (Phi) is 7.30. The summed E-state index contributed by atoms with van der Waals surface area (Å²) < 4.78 is 13.2. The molecule has 0 bridgehead atoms. The van der Waals surface area contributed by atoms with E-state index >= 15 is 0 Å². The number of ether oxygens (including phenoxy) is 1. The van der Waals surface area contributed by atoms with Gasteiger partial charge in [-0.3, -0.25) is 0 Å². The number of halogens is 1. The minimum absolute atomic E-state index is 0.133. The van der Waals surface area contributed by atoms with E-state index in [0.29, 0.717) is 11.5 Å². The van der Waals surface area contributed by atoms with Crippen LogP contribution in [0.2, 0.25) is 5.28 Å². The largest absolute Gasteiger partial charge is 0.366 e. The summed E-state index contributed by atoms with van der Waals surface area (Å²) in [6, 6.07) is 8.65. The molecule has 4 unspecified atom stereocenters. The van der Waals surface area contributed by atoms with Crippen LogP contribution in [0.15, 0.2) is 30.5 Å². The van der Waals surface area contributed by atoms with Gasteiger partial charge in [0.15, 0.2) is 28.2 Å². The van der Waals surface area contributed by atoms with Crippen molar-refractivity contribution in [3.8, 4) is 0 Å². The van der Waals surface area contributed by atoms with Crippen LogP contribution < -0.4 is 4.90 Å². The zero-order valence-electron chi connectivity index (χ0n) is 18.5. The van der Waals surface area contributed by atoms with Gasteiger partial charge < -0.3 is 28.8 Å². The summed E-state index contributed by atoms with van der Waals surface area (Å²) >= 11 is 6.34. The van der Waals surface area contributed by atoms with E-state index < -0.39 is 16.8 Å². The first-order valence-electron chi connectivity index (χ1n) is 11.0. The molecule has 1 fully saturated rings. The molecule has 0 saturated carbocycles. The van der Waals surface area contributed by atoms with E-state index in [1.807, 2.05) is 7.05 Å². The molecular formula is C21H26ClN5O5P2. The molecule has 3 heterocycles. The minimum atomic E-state index is -2.18. The molecule has 13 heteroatoms. The number of fused-ring (bicyclic) bond motifs is 2. The molecule has 0 radical (unpaired) electrons. The fourth-order valence-corrected chi connectivity index (χ4v) is 6.45. The van der Waals surface area contributed by atoms with Crippen LogP contribution in [0.4, 0.5) is 5.82 Å². The Balaban J connectivity index is 1.34. The normalized spacial score (nSPS) is 23.1. The highest BCUT2D eigenvalue weighted by Crippen LogP contribution is 2.45. The second kappa shape index (κ2) is 10.2. The van der Waals surface area contributed by atoms with Gasteiger partial charge in [0.1, 0.15) is 6.10 Å². The third kappa shape index (κ3) is 4.92. The maximum Gasteiger partial charge on any atom is 0.243 e. The highest BCUT2D eigenvalue weighted by molar-refractivity contribution is 7.63. The molecule has 3 aromatic rings. The van der Waals surface area contributed by atoms with Gasteiger partial charge in [0, 0.05) is 7.05 Å². The van der Waals surface area contributed by atoms with Crippen LogP contribution in [0.25, 0.3) is 5.65 Å². The molecule has 5 rings (SSSR count). The highest BCUT2D eigenvalue weighted by Gasteiger charge is 2.32. The summed E-state index contributed by atoms with van der Waals surface area (Å²) in [4.78, 5) is 39.1. The Morgan fingerprint density at radius 3 is 2.88 bits per heavy atom. The Hall–Kier alpha value is -1.48. The van der Waals surface area contributed by atoms with Crippen LogP contribution in [0, 0.1) is 0 Å². The number of anilines is 1. The predicted molar refractivity (Wildman–Crippen MR) is 130 cm³/mol. The summed E-state index contributed by atoms with van der Waals surface area (Å²) in [5.41, 5.74) is 4.05. The molecule has 34 heavy (non-hydrogen) atoms. The number of rotatable bonds is 8. The van der Waals surface area contributed by atoms with Crippen LogP contribution in [-0.2, 0) is 15.7 Å². The van der Waals surface area contributed by atoms with Crippen LogP contribution in [0.1, 0.15) is 48.2 Å². The van der Waals surface area contributed by atoms with Crippen molar-refractivity contribution in [3.05, 3.63) is 52.6 Å². The molecule has 0 spiro atoms.